The van der Waals surface area contributed by atoms with Crippen molar-refractivity contribution in [2.45, 2.75) is 37.5 Å². The molecule has 5 nitrogen and oxygen atoms in total. The molecular weight excluding hydrogens is 460 g/mol. The Morgan fingerprint density at radius 1 is 1.11 bits per heavy atom. The molecule has 7 heteroatoms. The van der Waals surface area contributed by atoms with Gasteiger partial charge >= 0.3 is 0 Å². The number of hydrogen-bond acceptors (Lipinski definition) is 3. The van der Waals surface area contributed by atoms with Crippen LogP contribution in [0.1, 0.15) is 37.7 Å². The molecule has 1 aromatic rings. The summed E-state index contributed by atoms with van der Waals surface area (Å²) in [7, 11) is 3.45. The van der Waals surface area contributed by atoms with Crippen molar-refractivity contribution in [2.24, 2.45) is 4.99 Å². The van der Waals surface area contributed by atoms with Gasteiger partial charge in [-0.25, -0.2) is 4.39 Å². The summed E-state index contributed by atoms with van der Waals surface area (Å²) in [4.78, 5) is 4.31. The van der Waals surface area contributed by atoms with Gasteiger partial charge in [0.2, 0.25) is 0 Å². The van der Waals surface area contributed by atoms with Crippen molar-refractivity contribution in [1.29, 1.82) is 0 Å². The maximum absolute atomic E-state index is 13.3. The van der Waals surface area contributed by atoms with Crippen molar-refractivity contribution in [2.75, 3.05) is 47.1 Å². The third kappa shape index (κ3) is 7.91. The lowest BCUT2D eigenvalue weighted by Gasteiger charge is -2.31. The predicted molar refractivity (Wildman–Crippen MR) is 119 cm³/mol. The minimum Gasteiger partial charge on any atom is -0.382 e. The van der Waals surface area contributed by atoms with E-state index >= 15 is 0 Å². The molecule has 27 heavy (non-hydrogen) atoms. The van der Waals surface area contributed by atoms with Crippen LogP contribution in [0.5, 0.6) is 0 Å². The minimum atomic E-state index is -0.181. The van der Waals surface area contributed by atoms with E-state index in [0.29, 0.717) is 19.8 Å². The molecule has 0 unspecified atom stereocenters. The van der Waals surface area contributed by atoms with Gasteiger partial charge < -0.3 is 20.1 Å². The fraction of sp³-hybridized carbons (Fsp3) is 0.650. The maximum atomic E-state index is 13.3. The zero-order chi connectivity index (χ0) is 18.7. The van der Waals surface area contributed by atoms with E-state index in [1.807, 2.05) is 12.1 Å². The number of ether oxygens (including phenoxy) is 2. The third-order valence-corrected chi connectivity index (χ3v) is 5.02. The van der Waals surface area contributed by atoms with Gasteiger partial charge in [0.25, 0.3) is 0 Å². The molecule has 1 fully saturated rings. The summed E-state index contributed by atoms with van der Waals surface area (Å²) < 4.78 is 23.7. The molecule has 1 aromatic carbocycles. The van der Waals surface area contributed by atoms with Gasteiger partial charge in [-0.2, -0.15) is 0 Å². The fourth-order valence-electron chi connectivity index (χ4n) is 3.52. The number of rotatable bonds is 10. The number of hydrogen-bond donors (Lipinski definition) is 2. The number of guanidine groups is 1. The number of nitrogens with one attached hydrogen (secondary N) is 2. The molecule has 0 spiro atoms. The molecule has 1 aliphatic carbocycles. The van der Waals surface area contributed by atoms with E-state index in [1.54, 1.807) is 26.3 Å². The first kappa shape index (κ1) is 24.1. The first-order chi connectivity index (χ1) is 12.7. The SMILES string of the molecule is CN=C(NCCCOCCOC)NCC1(c2ccc(F)cc2)CCCC1.I. The lowest BCUT2D eigenvalue weighted by molar-refractivity contribution is 0.0698. The zero-order valence-electron chi connectivity index (χ0n) is 16.4. The van der Waals surface area contributed by atoms with Crippen LogP contribution in [0.4, 0.5) is 4.39 Å². The molecule has 2 rings (SSSR count). The second-order valence-electron chi connectivity index (χ2n) is 6.81. The maximum Gasteiger partial charge on any atom is 0.191 e. The van der Waals surface area contributed by atoms with E-state index in [4.69, 9.17) is 9.47 Å². The molecule has 1 aliphatic rings. The normalized spacial score (nSPS) is 16.0. The Hall–Kier alpha value is -0.930. The Morgan fingerprint density at radius 3 is 2.44 bits per heavy atom. The van der Waals surface area contributed by atoms with Crippen LogP contribution in [0.25, 0.3) is 0 Å². The number of halogens is 2. The van der Waals surface area contributed by atoms with Crippen LogP contribution in [0.2, 0.25) is 0 Å². The summed E-state index contributed by atoms with van der Waals surface area (Å²) in [5, 5.41) is 6.79. The molecule has 0 aromatic heterocycles. The van der Waals surface area contributed by atoms with Crippen molar-refractivity contribution in [3.8, 4) is 0 Å². The second kappa shape index (κ2) is 13.3. The summed E-state index contributed by atoms with van der Waals surface area (Å²) >= 11 is 0. The molecule has 0 amide bonds. The highest BCUT2D eigenvalue weighted by atomic mass is 127. The van der Waals surface area contributed by atoms with Crippen molar-refractivity contribution in [3.05, 3.63) is 35.6 Å². The van der Waals surface area contributed by atoms with Crippen molar-refractivity contribution < 1.29 is 13.9 Å². The van der Waals surface area contributed by atoms with Crippen molar-refractivity contribution in [1.82, 2.24) is 10.6 Å². The van der Waals surface area contributed by atoms with Gasteiger partial charge in [-0.05, 0) is 37.0 Å². The molecule has 0 atom stereocenters. The van der Waals surface area contributed by atoms with Crippen LogP contribution in [0.15, 0.2) is 29.3 Å². The Balaban J connectivity index is 0.00000364. The van der Waals surface area contributed by atoms with Gasteiger partial charge in [-0.15, -0.1) is 24.0 Å². The highest BCUT2D eigenvalue weighted by Gasteiger charge is 2.35. The Bertz CT molecular complexity index is 549. The van der Waals surface area contributed by atoms with E-state index < -0.39 is 0 Å². The Morgan fingerprint density at radius 2 is 1.81 bits per heavy atom. The average molecular weight is 493 g/mol. The minimum absolute atomic E-state index is 0. The molecule has 0 heterocycles. The molecule has 0 radical (unpaired) electrons. The van der Waals surface area contributed by atoms with Gasteiger partial charge in [0, 0.05) is 39.3 Å². The van der Waals surface area contributed by atoms with Crippen LogP contribution in [0.3, 0.4) is 0 Å². The summed E-state index contributed by atoms with van der Waals surface area (Å²) in [6.45, 7) is 3.57. The van der Waals surface area contributed by atoms with Gasteiger partial charge in [0.15, 0.2) is 5.96 Å². The van der Waals surface area contributed by atoms with E-state index in [1.165, 1.54) is 18.4 Å². The number of benzene rings is 1. The van der Waals surface area contributed by atoms with E-state index in [2.05, 4.69) is 15.6 Å². The highest BCUT2D eigenvalue weighted by molar-refractivity contribution is 14.0. The van der Waals surface area contributed by atoms with E-state index in [0.717, 1.165) is 38.3 Å². The van der Waals surface area contributed by atoms with Crippen molar-refractivity contribution >= 4 is 29.9 Å². The highest BCUT2D eigenvalue weighted by Crippen LogP contribution is 2.40. The quantitative estimate of drug-likeness (QED) is 0.227. The summed E-state index contributed by atoms with van der Waals surface area (Å²) in [6.07, 6.45) is 5.58. The lowest BCUT2D eigenvalue weighted by Crippen LogP contribution is -2.45. The monoisotopic (exact) mass is 493 g/mol. The van der Waals surface area contributed by atoms with E-state index in [-0.39, 0.29) is 35.2 Å². The molecule has 0 bridgehead atoms. The number of methoxy groups -OCH3 is 1. The smallest absolute Gasteiger partial charge is 0.191 e. The molecule has 154 valence electrons. The zero-order valence-corrected chi connectivity index (χ0v) is 18.8. The number of nitrogens with zero attached hydrogens (tertiary/aromatic N) is 1. The first-order valence-corrected chi connectivity index (χ1v) is 9.47. The fourth-order valence-corrected chi connectivity index (χ4v) is 3.52. The molecule has 0 saturated heterocycles. The average Bonchev–Trinajstić information content (AvgIpc) is 3.14. The molecular formula is C20H33FIN3O2. The summed E-state index contributed by atoms with van der Waals surface area (Å²) in [5.41, 5.74) is 1.28. The molecule has 0 aliphatic heterocycles. The number of aliphatic imine (C=N–C) groups is 1. The summed E-state index contributed by atoms with van der Waals surface area (Å²) in [6, 6.07) is 6.98. The molecule has 2 N–H and O–H groups in total. The van der Waals surface area contributed by atoms with Crippen LogP contribution < -0.4 is 10.6 Å². The van der Waals surface area contributed by atoms with Crippen LogP contribution in [0, 0.1) is 5.82 Å². The Labute approximate surface area is 179 Å². The van der Waals surface area contributed by atoms with Crippen LogP contribution in [-0.4, -0.2) is 53.0 Å². The standard InChI is InChI=1S/C20H32FN3O2.HI/c1-22-19(23-12-5-13-26-15-14-25-2)24-16-20(10-3-4-11-20)17-6-8-18(21)9-7-17;/h6-9H,3-5,10-16H2,1-2H3,(H2,22,23,24);1H. The van der Waals surface area contributed by atoms with Gasteiger partial charge in [0.05, 0.1) is 13.2 Å². The third-order valence-electron chi connectivity index (χ3n) is 5.02. The van der Waals surface area contributed by atoms with Crippen LogP contribution >= 0.6 is 24.0 Å². The van der Waals surface area contributed by atoms with Gasteiger partial charge in [-0.1, -0.05) is 25.0 Å². The molecule has 1 saturated carbocycles. The summed E-state index contributed by atoms with van der Waals surface area (Å²) in [5.74, 6) is 0.621. The topological polar surface area (TPSA) is 54.9 Å². The predicted octanol–water partition coefficient (Wildman–Crippen LogP) is 3.47. The van der Waals surface area contributed by atoms with Crippen LogP contribution in [-0.2, 0) is 14.9 Å². The van der Waals surface area contributed by atoms with Gasteiger partial charge in [0.1, 0.15) is 5.82 Å². The largest absolute Gasteiger partial charge is 0.382 e. The first-order valence-electron chi connectivity index (χ1n) is 9.47. The second-order valence-corrected chi connectivity index (χ2v) is 6.81. The lowest BCUT2D eigenvalue weighted by atomic mass is 9.79. The van der Waals surface area contributed by atoms with Crippen molar-refractivity contribution in [3.63, 3.8) is 0 Å². The van der Waals surface area contributed by atoms with Gasteiger partial charge in [-0.3, -0.25) is 4.99 Å². The van der Waals surface area contributed by atoms with E-state index in [9.17, 15) is 4.39 Å². The Kier molecular flexibility index (Phi) is 11.9.